The largest absolute Gasteiger partial charge is 0.480 e. The third-order valence-corrected chi connectivity index (χ3v) is 3.01. The summed E-state index contributed by atoms with van der Waals surface area (Å²) in [5, 5.41) is 8.59. The van der Waals surface area contributed by atoms with Crippen LogP contribution in [0.2, 0.25) is 0 Å². The first-order chi connectivity index (χ1) is 7.20. The molecule has 4 nitrogen and oxygen atoms in total. The average Bonchev–Trinajstić information content (AvgIpc) is 2.25. The minimum atomic E-state index is -0.882. The van der Waals surface area contributed by atoms with Crippen LogP contribution in [0.5, 0.6) is 0 Å². The first-order valence-electron chi connectivity index (χ1n) is 5.91. The van der Waals surface area contributed by atoms with Gasteiger partial charge in [0.25, 0.3) is 0 Å². The lowest BCUT2D eigenvalue weighted by molar-refractivity contribution is -0.138. The van der Waals surface area contributed by atoms with Crippen LogP contribution < -0.4 is 5.73 Å². The van der Waals surface area contributed by atoms with Crippen molar-refractivity contribution in [3.05, 3.63) is 0 Å². The van der Waals surface area contributed by atoms with Gasteiger partial charge >= 0.3 is 5.97 Å². The molecule has 0 amide bonds. The number of carboxylic acids is 1. The number of nitrogens with two attached hydrogens (primary N) is 1. The molecule has 0 unspecified atom stereocenters. The summed E-state index contributed by atoms with van der Waals surface area (Å²) in [6.45, 7) is 3.53. The Morgan fingerprint density at radius 1 is 1.27 bits per heavy atom. The van der Waals surface area contributed by atoms with Crippen molar-refractivity contribution in [2.24, 2.45) is 5.73 Å². The second-order valence-electron chi connectivity index (χ2n) is 4.34. The monoisotopic (exact) mass is 214 g/mol. The van der Waals surface area contributed by atoms with E-state index in [1.54, 1.807) is 0 Å². The lowest BCUT2D eigenvalue weighted by atomic mass is 10.1. The lowest BCUT2D eigenvalue weighted by Gasteiger charge is -2.26. The third kappa shape index (κ3) is 5.14. The van der Waals surface area contributed by atoms with E-state index >= 15 is 0 Å². The smallest absolute Gasteiger partial charge is 0.320 e. The van der Waals surface area contributed by atoms with Gasteiger partial charge in [-0.3, -0.25) is 4.79 Å². The predicted molar refractivity (Wildman–Crippen MR) is 59.8 cm³/mol. The first kappa shape index (κ1) is 12.5. The molecule has 1 fully saturated rings. The number of rotatable bonds is 6. The summed E-state index contributed by atoms with van der Waals surface area (Å²) in [6, 6.07) is -0.675. The number of nitrogens with zero attached hydrogens (tertiary/aromatic N) is 1. The number of unbranched alkanes of at least 4 members (excludes halogenated alkanes) is 1. The Labute approximate surface area is 91.4 Å². The standard InChI is InChI=1S/C11H22N2O2/c12-10(11(14)15)6-2-5-9-13-7-3-1-4-8-13/h10H,1-9,12H2,(H,14,15)/t10-/m0/s1. The highest BCUT2D eigenvalue weighted by Crippen LogP contribution is 2.10. The molecule has 0 aromatic carbocycles. The zero-order valence-electron chi connectivity index (χ0n) is 9.32. The summed E-state index contributed by atoms with van der Waals surface area (Å²) in [5.41, 5.74) is 5.42. The molecular formula is C11H22N2O2. The quantitative estimate of drug-likeness (QED) is 0.649. The van der Waals surface area contributed by atoms with E-state index in [-0.39, 0.29) is 0 Å². The molecule has 0 aliphatic carbocycles. The van der Waals surface area contributed by atoms with E-state index in [1.165, 1.54) is 32.4 Å². The van der Waals surface area contributed by atoms with Crippen LogP contribution in [0.4, 0.5) is 0 Å². The normalized spacial score (nSPS) is 20.1. The SMILES string of the molecule is N[C@@H](CCCCN1CCCCC1)C(=O)O. The van der Waals surface area contributed by atoms with Gasteiger partial charge in [0, 0.05) is 0 Å². The van der Waals surface area contributed by atoms with Crippen molar-refractivity contribution in [1.82, 2.24) is 4.90 Å². The van der Waals surface area contributed by atoms with Crippen molar-refractivity contribution in [2.45, 2.75) is 44.6 Å². The maximum absolute atomic E-state index is 10.5. The number of hydrogen-bond donors (Lipinski definition) is 2. The molecule has 1 heterocycles. The molecule has 1 saturated heterocycles. The van der Waals surface area contributed by atoms with Crippen molar-refractivity contribution in [2.75, 3.05) is 19.6 Å². The molecule has 1 atom stereocenters. The minimum absolute atomic E-state index is 0.600. The third-order valence-electron chi connectivity index (χ3n) is 3.01. The Morgan fingerprint density at radius 2 is 1.93 bits per heavy atom. The molecule has 0 spiro atoms. The Balaban J connectivity index is 1.98. The summed E-state index contributed by atoms with van der Waals surface area (Å²) < 4.78 is 0. The van der Waals surface area contributed by atoms with Crippen LogP contribution in [0.25, 0.3) is 0 Å². The molecule has 0 bridgehead atoms. The number of carboxylic acid groups (broad SMARTS) is 1. The summed E-state index contributed by atoms with van der Waals surface area (Å²) in [6.07, 6.45) is 6.58. The van der Waals surface area contributed by atoms with Crippen molar-refractivity contribution >= 4 is 5.97 Å². The fourth-order valence-electron chi connectivity index (χ4n) is 2.01. The molecule has 0 aromatic heterocycles. The Bertz CT molecular complexity index is 191. The van der Waals surface area contributed by atoms with Gasteiger partial charge < -0.3 is 15.7 Å². The number of aliphatic carboxylic acids is 1. The van der Waals surface area contributed by atoms with Crippen LogP contribution in [0.15, 0.2) is 0 Å². The van der Waals surface area contributed by atoms with Gasteiger partial charge in [0.05, 0.1) is 0 Å². The summed E-state index contributed by atoms with van der Waals surface area (Å²) in [7, 11) is 0. The molecule has 1 aliphatic heterocycles. The molecule has 88 valence electrons. The van der Waals surface area contributed by atoms with Crippen LogP contribution in [-0.4, -0.2) is 41.7 Å². The Kier molecular flexibility index (Phi) is 5.65. The highest BCUT2D eigenvalue weighted by atomic mass is 16.4. The second-order valence-corrected chi connectivity index (χ2v) is 4.34. The Morgan fingerprint density at radius 3 is 2.53 bits per heavy atom. The van der Waals surface area contributed by atoms with E-state index in [2.05, 4.69) is 4.90 Å². The fourth-order valence-corrected chi connectivity index (χ4v) is 2.01. The predicted octanol–water partition coefficient (Wildman–Crippen LogP) is 1.05. The van der Waals surface area contributed by atoms with Crippen molar-refractivity contribution in [3.8, 4) is 0 Å². The van der Waals surface area contributed by atoms with Crippen LogP contribution in [0, 0.1) is 0 Å². The van der Waals surface area contributed by atoms with Gasteiger partial charge in [0.1, 0.15) is 6.04 Å². The van der Waals surface area contributed by atoms with Gasteiger partial charge in [-0.2, -0.15) is 0 Å². The maximum atomic E-state index is 10.5. The van der Waals surface area contributed by atoms with Gasteiger partial charge in [0.2, 0.25) is 0 Å². The lowest BCUT2D eigenvalue weighted by Crippen LogP contribution is -2.32. The first-order valence-corrected chi connectivity index (χ1v) is 5.91. The van der Waals surface area contributed by atoms with Crippen molar-refractivity contribution < 1.29 is 9.90 Å². The van der Waals surface area contributed by atoms with E-state index in [4.69, 9.17) is 10.8 Å². The van der Waals surface area contributed by atoms with Crippen molar-refractivity contribution in [1.29, 1.82) is 0 Å². The van der Waals surface area contributed by atoms with E-state index < -0.39 is 12.0 Å². The van der Waals surface area contributed by atoms with Crippen LogP contribution in [-0.2, 0) is 4.79 Å². The molecule has 1 aliphatic rings. The summed E-state index contributed by atoms with van der Waals surface area (Å²) in [5.74, 6) is -0.882. The molecule has 3 N–H and O–H groups in total. The molecule has 1 rings (SSSR count). The van der Waals surface area contributed by atoms with E-state index in [0.29, 0.717) is 6.42 Å². The summed E-state index contributed by atoms with van der Waals surface area (Å²) in [4.78, 5) is 12.9. The van der Waals surface area contributed by atoms with Gasteiger partial charge in [-0.15, -0.1) is 0 Å². The molecular weight excluding hydrogens is 192 g/mol. The summed E-state index contributed by atoms with van der Waals surface area (Å²) >= 11 is 0. The van der Waals surface area contributed by atoms with E-state index in [1.807, 2.05) is 0 Å². The van der Waals surface area contributed by atoms with Crippen molar-refractivity contribution in [3.63, 3.8) is 0 Å². The molecule has 0 saturated carbocycles. The van der Waals surface area contributed by atoms with Gasteiger partial charge in [-0.05, 0) is 45.3 Å². The number of piperidine rings is 1. The van der Waals surface area contributed by atoms with Crippen LogP contribution >= 0.6 is 0 Å². The minimum Gasteiger partial charge on any atom is -0.480 e. The number of carbonyl (C=O) groups is 1. The molecule has 0 aromatic rings. The molecule has 15 heavy (non-hydrogen) atoms. The van der Waals surface area contributed by atoms with Crippen LogP contribution in [0.3, 0.4) is 0 Å². The topological polar surface area (TPSA) is 66.6 Å². The van der Waals surface area contributed by atoms with Gasteiger partial charge in [-0.25, -0.2) is 0 Å². The van der Waals surface area contributed by atoms with Crippen LogP contribution in [0.1, 0.15) is 38.5 Å². The Hall–Kier alpha value is -0.610. The maximum Gasteiger partial charge on any atom is 0.320 e. The van der Waals surface area contributed by atoms with Gasteiger partial charge in [-0.1, -0.05) is 12.8 Å². The second kappa shape index (κ2) is 6.80. The van der Waals surface area contributed by atoms with E-state index in [9.17, 15) is 4.79 Å². The average molecular weight is 214 g/mol. The zero-order chi connectivity index (χ0) is 11.1. The van der Waals surface area contributed by atoms with Gasteiger partial charge in [0.15, 0.2) is 0 Å². The van der Waals surface area contributed by atoms with E-state index in [0.717, 1.165) is 19.4 Å². The number of likely N-dealkylation sites (tertiary alicyclic amines) is 1. The number of hydrogen-bond acceptors (Lipinski definition) is 3. The molecule has 4 heteroatoms. The highest BCUT2D eigenvalue weighted by molar-refractivity contribution is 5.72. The highest BCUT2D eigenvalue weighted by Gasteiger charge is 2.12. The molecule has 0 radical (unpaired) electrons. The zero-order valence-corrected chi connectivity index (χ0v) is 9.32. The fraction of sp³-hybridized carbons (Fsp3) is 0.909.